The zero-order valence-electron chi connectivity index (χ0n) is 19.5. The fraction of sp³-hybridized carbons (Fsp3) is 0.565. The number of aryl methyl sites for hydroxylation is 2. The maximum atomic E-state index is 13.2. The zero-order chi connectivity index (χ0) is 23.6. The number of rotatable bonds is 8. The van der Waals surface area contributed by atoms with E-state index >= 15 is 0 Å². The highest BCUT2D eigenvalue weighted by molar-refractivity contribution is 7.99. The van der Waals surface area contributed by atoms with Crippen molar-refractivity contribution in [2.45, 2.75) is 56.1 Å². The van der Waals surface area contributed by atoms with Gasteiger partial charge in [0, 0.05) is 44.7 Å². The summed E-state index contributed by atoms with van der Waals surface area (Å²) in [6.45, 7) is 7.08. The van der Waals surface area contributed by atoms with Crippen LogP contribution in [0.3, 0.4) is 0 Å². The summed E-state index contributed by atoms with van der Waals surface area (Å²) >= 11 is 1.44. The summed E-state index contributed by atoms with van der Waals surface area (Å²) in [6.07, 6.45) is 3.41. The van der Waals surface area contributed by atoms with Crippen molar-refractivity contribution in [3.8, 4) is 0 Å². The van der Waals surface area contributed by atoms with Crippen LogP contribution in [0, 0.1) is 13.8 Å². The minimum absolute atomic E-state index is 0.00713. The molecule has 0 bridgehead atoms. The summed E-state index contributed by atoms with van der Waals surface area (Å²) < 4.78 is 34.8. The molecule has 180 valence electrons. The Balaban J connectivity index is 1.49. The monoisotopic (exact) mass is 492 g/mol. The minimum Gasteiger partial charge on any atom is -0.383 e. The van der Waals surface area contributed by atoms with Gasteiger partial charge in [0.2, 0.25) is 15.9 Å². The van der Waals surface area contributed by atoms with Crippen molar-refractivity contribution in [2.75, 3.05) is 44.0 Å². The van der Waals surface area contributed by atoms with Crippen molar-refractivity contribution >= 4 is 33.4 Å². The average Bonchev–Trinajstić information content (AvgIpc) is 3.45. The van der Waals surface area contributed by atoms with Crippen LogP contribution in [-0.2, 0) is 32.5 Å². The molecule has 1 saturated heterocycles. The SMILES string of the molecule is COCCn1c(SCC(=O)N2CCCc3cc(S(=O)(=O)N4CCCC4)ccc32)nc(C)c1C. The molecule has 1 fully saturated rings. The van der Waals surface area contributed by atoms with Crippen LogP contribution < -0.4 is 4.90 Å². The second-order valence-corrected chi connectivity index (χ2v) is 11.4. The van der Waals surface area contributed by atoms with E-state index < -0.39 is 10.0 Å². The van der Waals surface area contributed by atoms with Gasteiger partial charge in [-0.3, -0.25) is 4.79 Å². The first kappa shape index (κ1) is 24.3. The number of methoxy groups -OCH3 is 1. The van der Waals surface area contributed by atoms with Crippen LogP contribution in [0.2, 0.25) is 0 Å². The Kier molecular flexibility index (Phi) is 7.47. The third kappa shape index (κ3) is 4.99. The predicted molar refractivity (Wildman–Crippen MR) is 129 cm³/mol. The van der Waals surface area contributed by atoms with E-state index in [4.69, 9.17) is 4.74 Å². The molecule has 4 rings (SSSR count). The van der Waals surface area contributed by atoms with E-state index in [1.54, 1.807) is 34.5 Å². The van der Waals surface area contributed by atoms with E-state index in [0.29, 0.717) is 37.7 Å². The highest BCUT2D eigenvalue weighted by Gasteiger charge is 2.30. The molecule has 0 N–H and O–H groups in total. The van der Waals surface area contributed by atoms with Crippen molar-refractivity contribution in [3.63, 3.8) is 0 Å². The Bertz CT molecular complexity index is 1120. The Morgan fingerprint density at radius 3 is 2.64 bits per heavy atom. The average molecular weight is 493 g/mol. The van der Waals surface area contributed by atoms with Gasteiger partial charge in [0.25, 0.3) is 0 Å². The summed E-state index contributed by atoms with van der Waals surface area (Å²) in [5.41, 5.74) is 3.78. The number of hydrogen-bond donors (Lipinski definition) is 0. The Hall–Kier alpha value is -1.88. The molecule has 0 atom stereocenters. The summed E-state index contributed by atoms with van der Waals surface area (Å²) in [5.74, 6) is 0.281. The number of ether oxygens (including phenoxy) is 1. The van der Waals surface area contributed by atoms with E-state index in [1.807, 2.05) is 13.8 Å². The number of sulfonamides is 1. The number of nitrogens with zero attached hydrogens (tertiary/aromatic N) is 4. The van der Waals surface area contributed by atoms with Gasteiger partial charge in [-0.05, 0) is 63.3 Å². The first-order valence-electron chi connectivity index (χ1n) is 11.4. The van der Waals surface area contributed by atoms with Gasteiger partial charge in [0.15, 0.2) is 5.16 Å². The molecule has 2 aromatic rings. The fourth-order valence-corrected chi connectivity index (χ4v) is 7.02. The molecule has 1 aromatic carbocycles. The number of thioether (sulfide) groups is 1. The zero-order valence-corrected chi connectivity index (χ0v) is 21.2. The molecule has 0 radical (unpaired) electrons. The van der Waals surface area contributed by atoms with Crippen LogP contribution in [0.25, 0.3) is 0 Å². The molecule has 1 aromatic heterocycles. The molecule has 1 amide bonds. The first-order chi connectivity index (χ1) is 15.8. The van der Waals surface area contributed by atoms with Gasteiger partial charge in [-0.1, -0.05) is 11.8 Å². The molecule has 0 spiro atoms. The standard InChI is InChI=1S/C23H32N4O4S2/c1-17-18(2)26(13-14-31-3)23(24-17)32-16-22(28)27-12-6-7-19-15-20(8-9-21(19)27)33(29,30)25-10-4-5-11-25/h8-9,15H,4-7,10-14,16H2,1-3H3. The first-order valence-corrected chi connectivity index (χ1v) is 13.8. The molecule has 10 heteroatoms. The van der Waals surface area contributed by atoms with Gasteiger partial charge in [-0.15, -0.1) is 0 Å². The number of aromatic nitrogens is 2. The van der Waals surface area contributed by atoms with Crippen LogP contribution in [0.4, 0.5) is 5.69 Å². The van der Waals surface area contributed by atoms with Crippen molar-refractivity contribution in [1.82, 2.24) is 13.9 Å². The smallest absolute Gasteiger partial charge is 0.243 e. The number of anilines is 1. The number of amides is 1. The Morgan fingerprint density at radius 2 is 1.91 bits per heavy atom. The lowest BCUT2D eigenvalue weighted by Gasteiger charge is -2.30. The second-order valence-electron chi connectivity index (χ2n) is 8.55. The molecule has 0 unspecified atom stereocenters. The number of carbonyl (C=O) groups is 1. The molecule has 2 aliphatic heterocycles. The van der Waals surface area contributed by atoms with E-state index in [1.165, 1.54) is 11.8 Å². The summed E-state index contributed by atoms with van der Waals surface area (Å²) in [6, 6.07) is 5.21. The van der Waals surface area contributed by atoms with Crippen LogP contribution in [0.5, 0.6) is 0 Å². The third-order valence-corrected chi connectivity index (χ3v) is 9.30. The molecule has 0 saturated carbocycles. The molecular formula is C23H32N4O4S2. The van der Waals surface area contributed by atoms with E-state index in [2.05, 4.69) is 9.55 Å². The summed E-state index contributed by atoms with van der Waals surface area (Å²) in [7, 11) is -1.79. The highest BCUT2D eigenvalue weighted by atomic mass is 32.2. The predicted octanol–water partition coefficient (Wildman–Crippen LogP) is 3.00. The molecular weight excluding hydrogens is 460 g/mol. The lowest BCUT2D eigenvalue weighted by Crippen LogP contribution is -2.37. The molecule has 3 heterocycles. The normalized spacial score (nSPS) is 16.9. The molecule has 33 heavy (non-hydrogen) atoms. The van der Waals surface area contributed by atoms with E-state index in [-0.39, 0.29) is 11.7 Å². The third-order valence-electron chi connectivity index (χ3n) is 6.44. The number of benzene rings is 1. The van der Waals surface area contributed by atoms with Gasteiger partial charge >= 0.3 is 0 Å². The van der Waals surface area contributed by atoms with Gasteiger partial charge in [0.05, 0.1) is 22.9 Å². The molecule has 2 aliphatic rings. The van der Waals surface area contributed by atoms with Crippen molar-refractivity contribution in [2.24, 2.45) is 0 Å². The van der Waals surface area contributed by atoms with Gasteiger partial charge < -0.3 is 14.2 Å². The molecule has 8 nitrogen and oxygen atoms in total. The van der Waals surface area contributed by atoms with Crippen molar-refractivity contribution in [3.05, 3.63) is 35.2 Å². The van der Waals surface area contributed by atoms with Gasteiger partial charge in [0.1, 0.15) is 0 Å². The van der Waals surface area contributed by atoms with Crippen LogP contribution >= 0.6 is 11.8 Å². The lowest BCUT2D eigenvalue weighted by atomic mass is 10.0. The fourth-order valence-electron chi connectivity index (χ4n) is 4.45. The van der Waals surface area contributed by atoms with E-state index in [0.717, 1.165) is 53.5 Å². The van der Waals surface area contributed by atoms with Crippen LogP contribution in [0.15, 0.2) is 28.3 Å². The van der Waals surface area contributed by atoms with Crippen molar-refractivity contribution in [1.29, 1.82) is 0 Å². The van der Waals surface area contributed by atoms with Crippen molar-refractivity contribution < 1.29 is 17.9 Å². The quantitative estimate of drug-likeness (QED) is 0.527. The Labute approximate surface area is 200 Å². The molecule has 0 aliphatic carbocycles. The number of imidazole rings is 1. The number of hydrogen-bond acceptors (Lipinski definition) is 6. The van der Waals surface area contributed by atoms with E-state index in [9.17, 15) is 13.2 Å². The maximum absolute atomic E-state index is 13.2. The second kappa shape index (κ2) is 10.2. The van der Waals surface area contributed by atoms with Crippen LogP contribution in [0.1, 0.15) is 36.2 Å². The largest absolute Gasteiger partial charge is 0.383 e. The van der Waals surface area contributed by atoms with Gasteiger partial charge in [-0.25, -0.2) is 13.4 Å². The topological polar surface area (TPSA) is 84.7 Å². The highest BCUT2D eigenvalue weighted by Crippen LogP contribution is 2.32. The number of fused-ring (bicyclic) bond motifs is 1. The van der Waals surface area contributed by atoms with Crippen LogP contribution in [-0.4, -0.2) is 67.3 Å². The Morgan fingerprint density at radius 1 is 1.15 bits per heavy atom. The maximum Gasteiger partial charge on any atom is 0.243 e. The van der Waals surface area contributed by atoms with Gasteiger partial charge in [-0.2, -0.15) is 4.31 Å². The lowest BCUT2D eigenvalue weighted by molar-refractivity contribution is -0.116. The minimum atomic E-state index is -3.47. The summed E-state index contributed by atoms with van der Waals surface area (Å²) in [4.78, 5) is 19.9. The number of carbonyl (C=O) groups excluding carboxylic acids is 1. The summed E-state index contributed by atoms with van der Waals surface area (Å²) in [5, 5.41) is 0.819.